The fourth-order valence-electron chi connectivity index (χ4n) is 2.41. The second-order valence-electron chi connectivity index (χ2n) is 5.11. The maximum absolute atomic E-state index is 10.0. The lowest BCUT2D eigenvalue weighted by Gasteiger charge is -2.09. The van der Waals surface area contributed by atoms with E-state index in [4.69, 9.17) is 0 Å². The summed E-state index contributed by atoms with van der Waals surface area (Å²) in [6.45, 7) is 0. The Balaban J connectivity index is 1.81. The van der Waals surface area contributed by atoms with Crippen LogP contribution >= 0.6 is 0 Å². The standard InChI is InChI=1S/C14H18N2O/c1-16-13-5-3-2-4-12(13)15-14(16)9-11(17)8-10-6-7-10/h2-5,10-11,17H,6-9H2,1H3. The molecule has 17 heavy (non-hydrogen) atoms. The topological polar surface area (TPSA) is 38.0 Å². The van der Waals surface area contributed by atoms with Crippen molar-refractivity contribution in [2.75, 3.05) is 0 Å². The first kappa shape index (κ1) is 10.8. The Labute approximate surface area is 101 Å². The van der Waals surface area contributed by atoms with Crippen LogP contribution in [0.15, 0.2) is 24.3 Å². The second kappa shape index (κ2) is 4.15. The zero-order valence-corrected chi connectivity index (χ0v) is 10.1. The van der Waals surface area contributed by atoms with Gasteiger partial charge in [0.15, 0.2) is 0 Å². The number of nitrogens with zero attached hydrogens (tertiary/aromatic N) is 2. The number of benzene rings is 1. The number of hydrogen-bond acceptors (Lipinski definition) is 2. The molecule has 1 aliphatic rings. The van der Waals surface area contributed by atoms with Gasteiger partial charge in [-0.2, -0.15) is 0 Å². The summed E-state index contributed by atoms with van der Waals surface area (Å²) in [5.74, 6) is 1.75. The Morgan fingerprint density at radius 3 is 2.88 bits per heavy atom. The molecule has 0 amide bonds. The predicted octanol–water partition coefficient (Wildman–Crippen LogP) is 2.28. The lowest BCUT2D eigenvalue weighted by molar-refractivity contribution is 0.155. The zero-order chi connectivity index (χ0) is 11.8. The van der Waals surface area contributed by atoms with Gasteiger partial charge in [-0.15, -0.1) is 0 Å². The van der Waals surface area contributed by atoms with Gasteiger partial charge in [0.1, 0.15) is 5.82 Å². The van der Waals surface area contributed by atoms with Crippen molar-refractivity contribution in [3.05, 3.63) is 30.1 Å². The minimum Gasteiger partial charge on any atom is -0.393 e. The smallest absolute Gasteiger partial charge is 0.112 e. The molecule has 3 rings (SSSR count). The molecule has 1 aliphatic carbocycles. The summed E-state index contributed by atoms with van der Waals surface area (Å²) in [5, 5.41) is 10.0. The van der Waals surface area contributed by atoms with Gasteiger partial charge in [-0.1, -0.05) is 25.0 Å². The molecule has 0 saturated heterocycles. The highest BCUT2D eigenvalue weighted by atomic mass is 16.3. The molecule has 1 aromatic carbocycles. The van der Waals surface area contributed by atoms with E-state index in [1.807, 2.05) is 25.2 Å². The van der Waals surface area contributed by atoms with Crippen molar-refractivity contribution in [1.29, 1.82) is 0 Å². The van der Waals surface area contributed by atoms with E-state index in [2.05, 4.69) is 15.6 Å². The number of imidazole rings is 1. The highest BCUT2D eigenvalue weighted by Crippen LogP contribution is 2.34. The number of fused-ring (bicyclic) bond motifs is 1. The Hall–Kier alpha value is -1.35. The van der Waals surface area contributed by atoms with Crippen molar-refractivity contribution in [2.24, 2.45) is 13.0 Å². The van der Waals surface area contributed by atoms with E-state index in [-0.39, 0.29) is 6.10 Å². The van der Waals surface area contributed by atoms with Crippen molar-refractivity contribution in [1.82, 2.24) is 9.55 Å². The van der Waals surface area contributed by atoms with Crippen molar-refractivity contribution in [3.8, 4) is 0 Å². The molecule has 1 atom stereocenters. The molecule has 2 aromatic rings. The molecular weight excluding hydrogens is 212 g/mol. The van der Waals surface area contributed by atoms with Gasteiger partial charge in [0, 0.05) is 13.5 Å². The first-order valence-corrected chi connectivity index (χ1v) is 6.32. The summed E-state index contributed by atoms with van der Waals surface area (Å²) < 4.78 is 2.09. The molecular formula is C14H18N2O. The quantitative estimate of drug-likeness (QED) is 0.875. The molecule has 1 N–H and O–H groups in total. The van der Waals surface area contributed by atoms with Crippen molar-refractivity contribution in [2.45, 2.75) is 31.8 Å². The molecule has 1 fully saturated rings. The van der Waals surface area contributed by atoms with E-state index >= 15 is 0 Å². The number of hydrogen-bond donors (Lipinski definition) is 1. The lowest BCUT2D eigenvalue weighted by Crippen LogP contribution is -2.14. The maximum atomic E-state index is 10.0. The Morgan fingerprint density at radius 2 is 2.18 bits per heavy atom. The van der Waals surface area contributed by atoms with Crippen molar-refractivity contribution < 1.29 is 5.11 Å². The maximum Gasteiger partial charge on any atom is 0.112 e. The lowest BCUT2D eigenvalue weighted by atomic mass is 10.1. The largest absolute Gasteiger partial charge is 0.393 e. The van der Waals surface area contributed by atoms with E-state index < -0.39 is 0 Å². The number of aliphatic hydroxyl groups is 1. The number of rotatable bonds is 4. The molecule has 90 valence electrons. The van der Waals surface area contributed by atoms with Crippen LogP contribution in [0, 0.1) is 5.92 Å². The Bertz CT molecular complexity index is 528. The fourth-order valence-corrected chi connectivity index (χ4v) is 2.41. The van der Waals surface area contributed by atoms with E-state index in [0.29, 0.717) is 6.42 Å². The minimum absolute atomic E-state index is 0.238. The van der Waals surface area contributed by atoms with E-state index in [1.54, 1.807) is 0 Å². The monoisotopic (exact) mass is 230 g/mol. The van der Waals surface area contributed by atoms with Crippen LogP contribution in [0.5, 0.6) is 0 Å². The number of para-hydroxylation sites is 2. The summed E-state index contributed by atoms with van der Waals surface area (Å²) >= 11 is 0. The van der Waals surface area contributed by atoms with Gasteiger partial charge in [0.05, 0.1) is 17.1 Å². The third-order valence-corrected chi connectivity index (χ3v) is 3.60. The molecule has 1 heterocycles. The number of aliphatic hydroxyl groups excluding tert-OH is 1. The predicted molar refractivity (Wildman–Crippen MR) is 67.8 cm³/mol. The van der Waals surface area contributed by atoms with Crippen molar-refractivity contribution >= 4 is 11.0 Å². The molecule has 0 aliphatic heterocycles. The van der Waals surface area contributed by atoms with Gasteiger partial charge in [-0.05, 0) is 24.5 Å². The number of aromatic nitrogens is 2. The van der Waals surface area contributed by atoms with Gasteiger partial charge < -0.3 is 9.67 Å². The van der Waals surface area contributed by atoms with Gasteiger partial charge in [0.25, 0.3) is 0 Å². The van der Waals surface area contributed by atoms with Gasteiger partial charge in [0.2, 0.25) is 0 Å². The van der Waals surface area contributed by atoms with Crippen molar-refractivity contribution in [3.63, 3.8) is 0 Å². The normalized spacial score (nSPS) is 17.5. The van der Waals surface area contributed by atoms with Gasteiger partial charge in [-0.25, -0.2) is 4.98 Å². The third-order valence-electron chi connectivity index (χ3n) is 3.60. The molecule has 1 aromatic heterocycles. The summed E-state index contributed by atoms with van der Waals surface area (Å²) in [4.78, 5) is 4.58. The van der Waals surface area contributed by atoms with Crippen LogP contribution in [0.2, 0.25) is 0 Å². The summed E-state index contributed by atoms with van der Waals surface area (Å²) in [6, 6.07) is 8.11. The number of aryl methyl sites for hydroxylation is 1. The summed E-state index contributed by atoms with van der Waals surface area (Å²) in [6.07, 6.45) is 3.95. The van der Waals surface area contributed by atoms with E-state index in [0.717, 1.165) is 29.2 Å². The first-order chi connectivity index (χ1) is 8.24. The van der Waals surface area contributed by atoms with Crippen LogP contribution in [0.1, 0.15) is 25.1 Å². The van der Waals surface area contributed by atoms with E-state index in [1.165, 1.54) is 12.8 Å². The zero-order valence-electron chi connectivity index (χ0n) is 10.1. The molecule has 1 saturated carbocycles. The Kier molecular flexibility index (Phi) is 2.63. The van der Waals surface area contributed by atoms with Crippen LogP contribution in [0.4, 0.5) is 0 Å². The SMILES string of the molecule is Cn1c(CC(O)CC2CC2)nc2ccccc21. The van der Waals surface area contributed by atoms with Crippen LogP contribution in [-0.4, -0.2) is 20.8 Å². The second-order valence-corrected chi connectivity index (χ2v) is 5.11. The molecule has 0 spiro atoms. The average molecular weight is 230 g/mol. The van der Waals surface area contributed by atoms with Crippen LogP contribution in [-0.2, 0) is 13.5 Å². The molecule has 3 nitrogen and oxygen atoms in total. The van der Waals surface area contributed by atoms with Gasteiger partial charge in [-0.3, -0.25) is 0 Å². The highest BCUT2D eigenvalue weighted by Gasteiger charge is 2.25. The first-order valence-electron chi connectivity index (χ1n) is 6.32. The summed E-state index contributed by atoms with van der Waals surface area (Å²) in [7, 11) is 2.02. The highest BCUT2D eigenvalue weighted by molar-refractivity contribution is 5.75. The van der Waals surface area contributed by atoms with Crippen LogP contribution in [0.25, 0.3) is 11.0 Å². The Morgan fingerprint density at radius 1 is 1.41 bits per heavy atom. The van der Waals surface area contributed by atoms with Crippen LogP contribution < -0.4 is 0 Å². The average Bonchev–Trinajstić information content (AvgIpc) is 3.06. The fraction of sp³-hybridized carbons (Fsp3) is 0.500. The molecule has 3 heteroatoms. The summed E-state index contributed by atoms with van der Waals surface area (Å²) in [5.41, 5.74) is 2.16. The molecule has 0 bridgehead atoms. The third kappa shape index (κ3) is 2.20. The van der Waals surface area contributed by atoms with Crippen LogP contribution in [0.3, 0.4) is 0 Å². The van der Waals surface area contributed by atoms with E-state index in [9.17, 15) is 5.11 Å². The minimum atomic E-state index is -0.238. The van der Waals surface area contributed by atoms with Gasteiger partial charge >= 0.3 is 0 Å². The molecule has 1 unspecified atom stereocenters. The molecule has 0 radical (unpaired) electrons.